The number of carbonyl (C=O) groups excluding carboxylic acids is 1. The van der Waals surface area contributed by atoms with E-state index in [-0.39, 0.29) is 17.5 Å². The summed E-state index contributed by atoms with van der Waals surface area (Å²) in [5.41, 5.74) is 0.457. The molecule has 6 heteroatoms. The molecule has 0 aliphatic carbocycles. The summed E-state index contributed by atoms with van der Waals surface area (Å²) in [7, 11) is 0. The molecule has 1 aromatic carbocycles. The molecule has 2 N–H and O–H groups in total. The van der Waals surface area contributed by atoms with Gasteiger partial charge in [-0.3, -0.25) is 9.69 Å². The molecule has 0 unspecified atom stereocenters. The van der Waals surface area contributed by atoms with Crippen molar-refractivity contribution in [2.24, 2.45) is 0 Å². The van der Waals surface area contributed by atoms with E-state index in [1.165, 1.54) is 19.1 Å². The van der Waals surface area contributed by atoms with Gasteiger partial charge < -0.3 is 10.4 Å². The largest absolute Gasteiger partial charge is 0.478 e. The Balaban J connectivity index is 1.90. The van der Waals surface area contributed by atoms with E-state index in [0.717, 1.165) is 31.5 Å². The number of carboxylic acids is 1. The molecule has 0 saturated carbocycles. The molecule has 1 aliphatic rings. The third kappa shape index (κ3) is 4.26. The molecule has 114 valence electrons. The van der Waals surface area contributed by atoms with E-state index in [4.69, 9.17) is 5.11 Å². The van der Waals surface area contributed by atoms with Crippen LogP contribution < -0.4 is 5.32 Å². The van der Waals surface area contributed by atoms with Crippen LogP contribution in [0.4, 0.5) is 4.39 Å². The lowest BCUT2D eigenvalue weighted by Crippen LogP contribution is -2.43. The third-order valence-electron chi connectivity index (χ3n) is 3.67. The minimum Gasteiger partial charge on any atom is -0.478 e. The number of aromatic carboxylic acids is 1. The van der Waals surface area contributed by atoms with Crippen LogP contribution in [0.2, 0.25) is 0 Å². The molecule has 5 nitrogen and oxygen atoms in total. The number of amides is 1. The van der Waals surface area contributed by atoms with Crippen LogP contribution in [0.5, 0.6) is 0 Å². The highest BCUT2D eigenvalue weighted by Gasteiger charge is 2.20. The summed E-state index contributed by atoms with van der Waals surface area (Å²) in [5, 5.41) is 11.7. The van der Waals surface area contributed by atoms with Gasteiger partial charge in [0.05, 0.1) is 5.56 Å². The average molecular weight is 294 g/mol. The Labute approximate surface area is 122 Å². The lowest BCUT2D eigenvalue weighted by Gasteiger charge is -2.32. The zero-order valence-electron chi connectivity index (χ0n) is 11.9. The van der Waals surface area contributed by atoms with Gasteiger partial charge in [0.1, 0.15) is 5.82 Å². The minimum absolute atomic E-state index is 0.0141. The minimum atomic E-state index is -1.25. The maximum absolute atomic E-state index is 13.6. The summed E-state index contributed by atoms with van der Waals surface area (Å²) in [6.45, 7) is 3.75. The summed E-state index contributed by atoms with van der Waals surface area (Å²) >= 11 is 0. The van der Waals surface area contributed by atoms with Crippen molar-refractivity contribution >= 4 is 11.9 Å². The van der Waals surface area contributed by atoms with Crippen LogP contribution in [0.1, 0.15) is 35.7 Å². The predicted molar refractivity (Wildman–Crippen MR) is 75.5 cm³/mol. The lowest BCUT2D eigenvalue weighted by molar-refractivity contribution is -0.120. The Morgan fingerprint density at radius 3 is 2.57 bits per heavy atom. The number of nitrogens with zero attached hydrogens (tertiary/aromatic N) is 1. The molecule has 0 atom stereocenters. The molecule has 0 bridgehead atoms. The summed E-state index contributed by atoms with van der Waals surface area (Å²) in [5.74, 6) is -1.97. The molecule has 1 fully saturated rings. The maximum atomic E-state index is 13.6. The number of halogens is 1. The number of likely N-dealkylation sites (tertiary alicyclic amines) is 1. The van der Waals surface area contributed by atoms with Crippen LogP contribution in [0, 0.1) is 5.82 Å². The smallest absolute Gasteiger partial charge is 0.338 e. The highest BCUT2D eigenvalue weighted by Crippen LogP contribution is 2.16. The topological polar surface area (TPSA) is 69.6 Å². The van der Waals surface area contributed by atoms with Gasteiger partial charge in [0.2, 0.25) is 5.91 Å². The Kier molecular flexibility index (Phi) is 4.90. The first-order valence-electron chi connectivity index (χ1n) is 6.97. The Bertz CT molecular complexity index is 540. The van der Waals surface area contributed by atoms with Gasteiger partial charge in [0.25, 0.3) is 0 Å². The van der Waals surface area contributed by atoms with Gasteiger partial charge in [-0.05, 0) is 30.5 Å². The molecule has 1 heterocycles. The second-order valence-corrected chi connectivity index (χ2v) is 5.37. The Morgan fingerprint density at radius 2 is 2.05 bits per heavy atom. The molecule has 1 aliphatic heterocycles. The monoisotopic (exact) mass is 294 g/mol. The maximum Gasteiger partial charge on any atom is 0.338 e. The normalized spacial score (nSPS) is 16.7. The number of rotatable bonds is 4. The molecular formula is C15H19FN2O3. The molecule has 0 spiro atoms. The summed E-state index contributed by atoms with van der Waals surface area (Å²) in [6, 6.07) is 4.44. The molecule has 21 heavy (non-hydrogen) atoms. The second kappa shape index (κ2) is 6.67. The van der Waals surface area contributed by atoms with Crippen LogP contribution >= 0.6 is 0 Å². The second-order valence-electron chi connectivity index (χ2n) is 5.37. The number of hydrogen-bond donors (Lipinski definition) is 2. The van der Waals surface area contributed by atoms with Gasteiger partial charge in [-0.2, -0.15) is 0 Å². The first-order chi connectivity index (χ1) is 9.95. The van der Waals surface area contributed by atoms with Crippen molar-refractivity contribution < 1.29 is 19.1 Å². The van der Waals surface area contributed by atoms with Crippen molar-refractivity contribution in [2.75, 3.05) is 13.1 Å². The van der Waals surface area contributed by atoms with Crippen LogP contribution in [0.25, 0.3) is 0 Å². The molecular weight excluding hydrogens is 275 g/mol. The van der Waals surface area contributed by atoms with Crippen molar-refractivity contribution in [3.05, 3.63) is 35.1 Å². The molecule has 2 rings (SSSR count). The first kappa shape index (κ1) is 15.4. The number of nitrogens with one attached hydrogen (secondary N) is 1. The fourth-order valence-corrected chi connectivity index (χ4v) is 2.61. The fraction of sp³-hybridized carbons (Fsp3) is 0.467. The summed E-state index contributed by atoms with van der Waals surface area (Å²) in [4.78, 5) is 23.9. The summed E-state index contributed by atoms with van der Waals surface area (Å²) in [6.07, 6.45) is 1.74. The van der Waals surface area contributed by atoms with Crippen LogP contribution in [0.15, 0.2) is 18.2 Å². The van der Waals surface area contributed by atoms with Gasteiger partial charge in [0.15, 0.2) is 0 Å². The van der Waals surface area contributed by atoms with Crippen LogP contribution in [-0.4, -0.2) is 41.0 Å². The Hall–Kier alpha value is -1.95. The van der Waals surface area contributed by atoms with Gasteiger partial charge in [-0.25, -0.2) is 9.18 Å². The molecule has 0 radical (unpaired) electrons. The van der Waals surface area contributed by atoms with E-state index >= 15 is 0 Å². The standard InChI is InChI=1S/C15H19FN2O3/c1-10(19)17-12-4-6-18(7-5-12)9-11-2-3-13(15(20)21)14(16)8-11/h2-3,8,12H,4-7,9H2,1H3,(H,17,19)(H,20,21). The van der Waals surface area contributed by atoms with E-state index in [1.807, 2.05) is 0 Å². The SMILES string of the molecule is CC(=O)NC1CCN(Cc2ccc(C(=O)O)c(F)c2)CC1. The number of carboxylic acid groups (broad SMARTS) is 1. The first-order valence-corrected chi connectivity index (χ1v) is 6.97. The van der Waals surface area contributed by atoms with E-state index in [2.05, 4.69) is 10.2 Å². The van der Waals surface area contributed by atoms with Gasteiger partial charge >= 0.3 is 5.97 Å². The van der Waals surface area contributed by atoms with Crippen molar-refractivity contribution in [3.63, 3.8) is 0 Å². The van der Waals surface area contributed by atoms with Crippen molar-refractivity contribution in [3.8, 4) is 0 Å². The average Bonchev–Trinajstić information content (AvgIpc) is 2.40. The third-order valence-corrected chi connectivity index (χ3v) is 3.67. The summed E-state index contributed by atoms with van der Waals surface area (Å²) < 4.78 is 13.6. The highest BCUT2D eigenvalue weighted by molar-refractivity contribution is 5.87. The van der Waals surface area contributed by atoms with E-state index in [9.17, 15) is 14.0 Å². The fourth-order valence-electron chi connectivity index (χ4n) is 2.61. The van der Waals surface area contributed by atoms with E-state index in [1.54, 1.807) is 6.07 Å². The van der Waals surface area contributed by atoms with Crippen molar-refractivity contribution in [1.29, 1.82) is 0 Å². The zero-order valence-corrected chi connectivity index (χ0v) is 11.9. The zero-order chi connectivity index (χ0) is 15.4. The molecule has 1 saturated heterocycles. The molecule has 0 aromatic heterocycles. The van der Waals surface area contributed by atoms with Crippen LogP contribution in [-0.2, 0) is 11.3 Å². The Morgan fingerprint density at radius 1 is 1.38 bits per heavy atom. The highest BCUT2D eigenvalue weighted by atomic mass is 19.1. The van der Waals surface area contributed by atoms with Crippen LogP contribution in [0.3, 0.4) is 0 Å². The van der Waals surface area contributed by atoms with Gasteiger partial charge in [-0.1, -0.05) is 6.07 Å². The number of hydrogen-bond acceptors (Lipinski definition) is 3. The number of carbonyl (C=O) groups is 2. The predicted octanol–water partition coefficient (Wildman–Crippen LogP) is 1.62. The van der Waals surface area contributed by atoms with Crippen molar-refractivity contribution in [1.82, 2.24) is 10.2 Å². The van der Waals surface area contributed by atoms with E-state index < -0.39 is 11.8 Å². The molecule has 1 amide bonds. The van der Waals surface area contributed by atoms with Gasteiger partial charge in [0, 0.05) is 32.6 Å². The molecule has 1 aromatic rings. The number of benzene rings is 1. The van der Waals surface area contributed by atoms with E-state index in [0.29, 0.717) is 6.54 Å². The quantitative estimate of drug-likeness (QED) is 0.885. The number of piperidine rings is 1. The lowest BCUT2D eigenvalue weighted by atomic mass is 10.0. The van der Waals surface area contributed by atoms with Gasteiger partial charge in [-0.15, -0.1) is 0 Å². The van der Waals surface area contributed by atoms with Crippen molar-refractivity contribution in [2.45, 2.75) is 32.4 Å².